The first-order valence-corrected chi connectivity index (χ1v) is 11.5. The van der Waals surface area contributed by atoms with Gasteiger partial charge in [0.05, 0.1) is 29.6 Å². The van der Waals surface area contributed by atoms with Crippen LogP contribution in [0.15, 0.2) is 23.1 Å². The van der Waals surface area contributed by atoms with Crippen LogP contribution in [0.25, 0.3) is 0 Å². The molecular weight excluding hydrogens is 430 g/mol. The summed E-state index contributed by atoms with van der Waals surface area (Å²) in [6.07, 6.45) is 1.29. The van der Waals surface area contributed by atoms with Crippen molar-refractivity contribution in [1.29, 1.82) is 0 Å². The first kappa shape index (κ1) is 23.4. The van der Waals surface area contributed by atoms with Crippen LogP contribution >= 0.6 is 0 Å². The van der Waals surface area contributed by atoms with Crippen molar-refractivity contribution in [1.82, 2.24) is 9.21 Å². The summed E-state index contributed by atoms with van der Waals surface area (Å²) in [5, 5.41) is 11.2. The number of ether oxygens (including phenoxy) is 3. The summed E-state index contributed by atoms with van der Waals surface area (Å²) in [6, 6.07) is 3.53. The van der Waals surface area contributed by atoms with Gasteiger partial charge in [0.2, 0.25) is 10.0 Å². The maximum absolute atomic E-state index is 12.9. The zero-order valence-electron chi connectivity index (χ0n) is 17.6. The molecule has 0 bridgehead atoms. The van der Waals surface area contributed by atoms with Crippen molar-refractivity contribution in [2.24, 2.45) is 0 Å². The molecule has 0 aromatic heterocycles. The van der Waals surface area contributed by atoms with Crippen LogP contribution in [-0.2, 0) is 24.3 Å². The topological polar surface area (TPSA) is 129 Å². The predicted octanol–water partition coefficient (Wildman–Crippen LogP) is 1.02. The monoisotopic (exact) mass is 457 g/mol. The Morgan fingerprint density at radius 2 is 2.03 bits per heavy atom. The predicted molar refractivity (Wildman–Crippen MR) is 109 cm³/mol. The second kappa shape index (κ2) is 9.90. The second-order valence-corrected chi connectivity index (χ2v) is 9.37. The molecule has 3 rings (SSSR count). The summed E-state index contributed by atoms with van der Waals surface area (Å²) in [5.74, 6) is -0.216. The summed E-state index contributed by atoms with van der Waals surface area (Å²) in [4.78, 5) is 24.5. The lowest BCUT2D eigenvalue weighted by Crippen LogP contribution is -2.52. The van der Waals surface area contributed by atoms with Gasteiger partial charge in [-0.2, -0.15) is 4.31 Å². The number of rotatable bonds is 8. The minimum atomic E-state index is -3.95. The van der Waals surface area contributed by atoms with Gasteiger partial charge in [0.1, 0.15) is 6.10 Å². The molecule has 0 spiro atoms. The Bertz CT molecular complexity index is 909. The number of hydrogen-bond donors (Lipinski definition) is 0. The summed E-state index contributed by atoms with van der Waals surface area (Å²) in [7, 11) is -2.67. The molecule has 1 amide bonds. The van der Waals surface area contributed by atoms with E-state index in [1.165, 1.54) is 23.5 Å². The average Bonchev–Trinajstić information content (AvgIpc) is 3.30. The molecule has 1 aromatic carbocycles. The van der Waals surface area contributed by atoms with Crippen LogP contribution in [0, 0.1) is 10.1 Å². The molecule has 2 aliphatic rings. The van der Waals surface area contributed by atoms with Crippen LogP contribution in [0.4, 0.5) is 5.69 Å². The van der Waals surface area contributed by atoms with Gasteiger partial charge in [-0.1, -0.05) is 0 Å². The van der Waals surface area contributed by atoms with Crippen LogP contribution in [0.3, 0.4) is 0 Å². The number of methoxy groups -OCH3 is 1. The third kappa shape index (κ3) is 5.32. The molecule has 0 saturated carbocycles. The molecule has 0 N–H and O–H groups in total. The van der Waals surface area contributed by atoms with E-state index < -0.39 is 26.7 Å². The van der Waals surface area contributed by atoms with Gasteiger partial charge in [-0.25, -0.2) is 8.42 Å². The molecule has 1 aromatic rings. The molecule has 11 nitrogen and oxygen atoms in total. The molecule has 2 heterocycles. The zero-order valence-corrected chi connectivity index (χ0v) is 18.4. The van der Waals surface area contributed by atoms with Gasteiger partial charge in [0.15, 0.2) is 5.75 Å². The normalized spacial score (nSPS) is 21.1. The largest absolute Gasteiger partial charge is 0.490 e. The minimum absolute atomic E-state index is 0.0173. The minimum Gasteiger partial charge on any atom is -0.490 e. The molecule has 2 saturated heterocycles. The maximum Gasteiger partial charge on any atom is 0.312 e. The Kier molecular flexibility index (Phi) is 7.46. The van der Waals surface area contributed by atoms with E-state index in [2.05, 4.69) is 0 Å². The van der Waals surface area contributed by atoms with Gasteiger partial charge in [0.25, 0.3) is 5.91 Å². The number of carbonyl (C=O) groups excluding carboxylic acids is 1. The van der Waals surface area contributed by atoms with Crippen LogP contribution < -0.4 is 4.74 Å². The summed E-state index contributed by atoms with van der Waals surface area (Å²) in [6.45, 7) is 3.35. The van der Waals surface area contributed by atoms with E-state index in [0.29, 0.717) is 13.2 Å². The number of benzene rings is 1. The first-order valence-electron chi connectivity index (χ1n) is 10.1. The van der Waals surface area contributed by atoms with Crippen molar-refractivity contribution in [3.8, 4) is 5.75 Å². The highest BCUT2D eigenvalue weighted by Gasteiger charge is 2.33. The summed E-state index contributed by atoms with van der Waals surface area (Å²) < 4.78 is 43.2. The van der Waals surface area contributed by atoms with Crippen molar-refractivity contribution < 1.29 is 32.3 Å². The van der Waals surface area contributed by atoms with Crippen LogP contribution in [0.1, 0.15) is 19.8 Å². The second-order valence-electron chi connectivity index (χ2n) is 7.43. The molecule has 2 unspecified atom stereocenters. The zero-order chi connectivity index (χ0) is 22.6. The Morgan fingerprint density at radius 1 is 1.32 bits per heavy atom. The number of nitrogens with zero attached hydrogens (tertiary/aromatic N) is 3. The molecule has 2 atom stereocenters. The third-order valence-electron chi connectivity index (χ3n) is 5.44. The molecule has 172 valence electrons. The number of nitro groups is 1. The van der Waals surface area contributed by atoms with Gasteiger partial charge in [-0.15, -0.1) is 0 Å². The fraction of sp³-hybridized carbons (Fsp3) is 0.632. The van der Waals surface area contributed by atoms with Crippen LogP contribution in [0.5, 0.6) is 5.75 Å². The highest BCUT2D eigenvalue weighted by Crippen LogP contribution is 2.30. The average molecular weight is 458 g/mol. The highest BCUT2D eigenvalue weighted by molar-refractivity contribution is 7.89. The number of hydrogen-bond acceptors (Lipinski definition) is 8. The van der Waals surface area contributed by atoms with E-state index >= 15 is 0 Å². The van der Waals surface area contributed by atoms with Gasteiger partial charge in [-0.05, 0) is 31.9 Å². The fourth-order valence-corrected chi connectivity index (χ4v) is 5.07. The lowest BCUT2D eigenvalue weighted by atomic mass is 10.2. The summed E-state index contributed by atoms with van der Waals surface area (Å²) >= 11 is 0. The van der Waals surface area contributed by atoms with Crippen LogP contribution in [0.2, 0.25) is 0 Å². The van der Waals surface area contributed by atoms with E-state index in [1.54, 1.807) is 11.8 Å². The lowest BCUT2D eigenvalue weighted by molar-refractivity contribution is -0.386. The number of amides is 1. The van der Waals surface area contributed by atoms with Gasteiger partial charge in [0, 0.05) is 38.9 Å². The molecule has 2 fully saturated rings. The van der Waals surface area contributed by atoms with Crippen molar-refractivity contribution in [3.05, 3.63) is 28.3 Å². The van der Waals surface area contributed by atoms with Crippen molar-refractivity contribution in [3.63, 3.8) is 0 Å². The van der Waals surface area contributed by atoms with Crippen molar-refractivity contribution >= 4 is 21.6 Å². The Labute approximate surface area is 181 Å². The number of sulfonamides is 1. The quantitative estimate of drug-likeness (QED) is 0.418. The van der Waals surface area contributed by atoms with Gasteiger partial charge < -0.3 is 19.1 Å². The highest BCUT2D eigenvalue weighted by atomic mass is 32.2. The van der Waals surface area contributed by atoms with E-state index in [9.17, 15) is 23.3 Å². The van der Waals surface area contributed by atoms with Crippen molar-refractivity contribution in [2.45, 2.75) is 36.9 Å². The van der Waals surface area contributed by atoms with Crippen molar-refractivity contribution in [2.75, 3.05) is 46.5 Å². The van der Waals surface area contributed by atoms with Crippen LogP contribution in [-0.4, -0.2) is 87.2 Å². The lowest BCUT2D eigenvalue weighted by Gasteiger charge is -2.35. The third-order valence-corrected chi connectivity index (χ3v) is 7.33. The molecular formula is C19H27N3O8S. The Balaban J connectivity index is 1.59. The molecule has 12 heteroatoms. The molecule has 31 heavy (non-hydrogen) atoms. The van der Waals surface area contributed by atoms with E-state index in [1.807, 2.05) is 0 Å². The fourth-order valence-electron chi connectivity index (χ4n) is 3.63. The number of carbonyl (C=O) groups is 1. The van der Waals surface area contributed by atoms with E-state index in [0.717, 1.165) is 18.9 Å². The van der Waals surface area contributed by atoms with Gasteiger partial charge >= 0.3 is 5.69 Å². The molecule has 0 aliphatic carbocycles. The standard InChI is InChI=1S/C19H27N3O8S/c1-14(30-13-15-4-3-11-29-15)19(23)20-7-9-21(10-8-20)31(26,27)16-5-6-18(28-2)17(12-16)22(24)25/h5-6,12,14-15H,3-4,7-11,13H2,1-2H3. The Hall–Kier alpha value is -2.28. The number of nitro benzene ring substituents is 1. The van der Waals surface area contributed by atoms with Gasteiger partial charge in [-0.3, -0.25) is 14.9 Å². The molecule has 0 radical (unpaired) electrons. The number of piperazine rings is 1. The first-order chi connectivity index (χ1) is 14.7. The van der Waals surface area contributed by atoms with E-state index in [-0.39, 0.29) is 48.8 Å². The summed E-state index contributed by atoms with van der Waals surface area (Å²) in [5.41, 5.74) is -0.422. The maximum atomic E-state index is 12.9. The van der Waals surface area contributed by atoms with E-state index in [4.69, 9.17) is 14.2 Å². The Morgan fingerprint density at radius 3 is 2.61 bits per heavy atom. The smallest absolute Gasteiger partial charge is 0.312 e. The SMILES string of the molecule is COc1ccc(S(=O)(=O)N2CCN(C(=O)C(C)OCC3CCCO3)CC2)cc1[N+](=O)[O-]. The molecule has 2 aliphatic heterocycles.